The molecule has 0 saturated carbocycles. The Morgan fingerprint density at radius 3 is 1.13 bits per heavy atom. The Bertz CT molecular complexity index is 1760. The maximum Gasteiger partial charge on any atom is 0.0725 e. The first-order chi connectivity index (χ1) is 19.1. The van der Waals surface area contributed by atoms with E-state index in [0.717, 1.165) is 0 Å². The van der Waals surface area contributed by atoms with E-state index in [1.807, 2.05) is 0 Å². The van der Waals surface area contributed by atoms with Crippen LogP contribution < -0.4 is 0 Å². The highest BCUT2D eigenvalue weighted by Crippen LogP contribution is 2.63. The van der Waals surface area contributed by atoms with Gasteiger partial charge >= 0.3 is 0 Å². The van der Waals surface area contributed by atoms with Crippen LogP contribution in [0.5, 0.6) is 0 Å². The fraction of sp³-hybridized carbons (Fsp3) is 0.0769. The van der Waals surface area contributed by atoms with E-state index in [2.05, 4.69) is 147 Å². The fourth-order valence-electron chi connectivity index (χ4n) is 6.99. The summed E-state index contributed by atoms with van der Waals surface area (Å²) in [4.78, 5) is 0. The maximum atomic E-state index is 2.46. The second-order valence-corrected chi connectivity index (χ2v) is 11.1. The van der Waals surface area contributed by atoms with Crippen molar-refractivity contribution < 1.29 is 0 Å². The molecule has 0 N–H and O–H groups in total. The molecule has 0 unspecified atom stereocenters. The van der Waals surface area contributed by atoms with Gasteiger partial charge in [-0.3, -0.25) is 0 Å². The van der Waals surface area contributed by atoms with Gasteiger partial charge in [-0.05, 0) is 92.7 Å². The largest absolute Gasteiger partial charge is 0.0725 e. The first kappa shape index (κ1) is 22.3. The first-order valence-corrected chi connectivity index (χ1v) is 13.8. The lowest BCUT2D eigenvalue weighted by Gasteiger charge is -2.31. The van der Waals surface area contributed by atoms with Crippen LogP contribution in [0.15, 0.2) is 133 Å². The molecule has 0 aliphatic heterocycles. The molecule has 39 heavy (non-hydrogen) atoms. The lowest BCUT2D eigenvalue weighted by Crippen LogP contribution is -2.26. The van der Waals surface area contributed by atoms with Gasteiger partial charge in [0.25, 0.3) is 0 Å². The third-order valence-corrected chi connectivity index (χ3v) is 8.86. The van der Waals surface area contributed by atoms with Crippen molar-refractivity contribution in [2.24, 2.45) is 0 Å². The van der Waals surface area contributed by atoms with E-state index in [4.69, 9.17) is 0 Å². The monoisotopic (exact) mass is 496 g/mol. The topological polar surface area (TPSA) is 0 Å². The van der Waals surface area contributed by atoms with Gasteiger partial charge < -0.3 is 0 Å². The molecule has 0 bridgehead atoms. The summed E-state index contributed by atoms with van der Waals surface area (Å²) in [7, 11) is 0. The highest BCUT2D eigenvalue weighted by atomic mass is 14.5. The summed E-state index contributed by atoms with van der Waals surface area (Å²) in [6.07, 6.45) is 0. The number of rotatable bonds is 2. The fourth-order valence-corrected chi connectivity index (χ4v) is 6.99. The number of fused-ring (bicyclic) bond motifs is 10. The molecular weight excluding hydrogens is 468 g/mol. The van der Waals surface area contributed by atoms with Crippen LogP contribution in [0.4, 0.5) is 0 Å². The summed E-state index contributed by atoms with van der Waals surface area (Å²) >= 11 is 0. The molecule has 184 valence electrons. The molecule has 6 aromatic rings. The SMILES string of the molecule is Cc1ccc(-c2ccc3c(c2)C2(c4ccccc4-3)c3ccccc3-c3ccc(-c4ccc(C)cc4)cc32)cc1. The van der Waals surface area contributed by atoms with E-state index in [0.29, 0.717) is 0 Å². The Balaban J connectivity index is 1.46. The van der Waals surface area contributed by atoms with Crippen LogP contribution in [0, 0.1) is 13.8 Å². The molecule has 2 aliphatic carbocycles. The number of hydrogen-bond acceptors (Lipinski definition) is 0. The van der Waals surface area contributed by atoms with Gasteiger partial charge in [-0.25, -0.2) is 0 Å². The van der Waals surface area contributed by atoms with E-state index in [-0.39, 0.29) is 5.41 Å². The van der Waals surface area contributed by atoms with Crippen molar-refractivity contribution in [3.05, 3.63) is 167 Å². The van der Waals surface area contributed by atoms with E-state index in [1.54, 1.807) is 0 Å². The van der Waals surface area contributed by atoms with Crippen LogP contribution in [0.2, 0.25) is 0 Å². The molecule has 0 aromatic heterocycles. The van der Waals surface area contributed by atoms with Gasteiger partial charge in [0.2, 0.25) is 0 Å². The molecular formula is C39H28. The number of hydrogen-bond donors (Lipinski definition) is 0. The van der Waals surface area contributed by atoms with Gasteiger partial charge in [-0.15, -0.1) is 0 Å². The summed E-state index contributed by atoms with van der Waals surface area (Å²) in [6.45, 7) is 4.30. The standard InChI is InChI=1S/C39H28/c1-25-11-15-27(16-12-25)29-19-21-33-31-7-3-5-9-35(31)39(37(33)23-29)36-10-6-4-8-32(36)34-22-20-30(24-38(34)39)28-17-13-26(2)14-18-28/h3-24H,1-2H3. The van der Waals surface area contributed by atoms with Crippen molar-refractivity contribution in [2.45, 2.75) is 19.3 Å². The van der Waals surface area contributed by atoms with E-state index in [9.17, 15) is 0 Å². The molecule has 2 aliphatic rings. The number of benzene rings is 6. The molecule has 8 rings (SSSR count). The van der Waals surface area contributed by atoms with Crippen molar-refractivity contribution in [3.63, 3.8) is 0 Å². The lowest BCUT2D eigenvalue weighted by molar-refractivity contribution is 0.794. The van der Waals surface area contributed by atoms with Gasteiger partial charge in [-0.2, -0.15) is 0 Å². The van der Waals surface area contributed by atoms with Gasteiger partial charge in [0.05, 0.1) is 5.41 Å². The zero-order chi connectivity index (χ0) is 26.1. The normalized spacial score (nSPS) is 13.6. The van der Waals surface area contributed by atoms with Crippen LogP contribution >= 0.6 is 0 Å². The number of aryl methyl sites for hydroxylation is 2. The molecule has 0 amide bonds. The predicted octanol–water partition coefficient (Wildman–Crippen LogP) is 9.98. The molecule has 0 fully saturated rings. The minimum Gasteiger partial charge on any atom is -0.0619 e. The lowest BCUT2D eigenvalue weighted by atomic mass is 9.70. The maximum absolute atomic E-state index is 2.46. The smallest absolute Gasteiger partial charge is 0.0619 e. The molecule has 0 nitrogen and oxygen atoms in total. The van der Waals surface area contributed by atoms with Crippen LogP contribution in [0.1, 0.15) is 33.4 Å². The summed E-state index contributed by atoms with van der Waals surface area (Å²) in [6, 6.07) is 50.1. The Morgan fingerprint density at radius 1 is 0.333 bits per heavy atom. The van der Waals surface area contributed by atoms with E-state index < -0.39 is 0 Å². The molecule has 0 radical (unpaired) electrons. The van der Waals surface area contributed by atoms with Gasteiger partial charge in [0, 0.05) is 0 Å². The molecule has 0 atom stereocenters. The first-order valence-electron chi connectivity index (χ1n) is 13.8. The second-order valence-electron chi connectivity index (χ2n) is 11.1. The molecule has 6 aromatic carbocycles. The Kier molecular flexibility index (Phi) is 4.67. The van der Waals surface area contributed by atoms with E-state index in [1.165, 1.54) is 77.9 Å². The molecule has 0 heterocycles. The zero-order valence-corrected chi connectivity index (χ0v) is 22.2. The minimum absolute atomic E-state index is 0.348. The second kappa shape index (κ2) is 8.16. The van der Waals surface area contributed by atoms with Crippen molar-refractivity contribution in [3.8, 4) is 44.5 Å². The van der Waals surface area contributed by atoms with Crippen molar-refractivity contribution in [2.75, 3.05) is 0 Å². The average molecular weight is 497 g/mol. The average Bonchev–Trinajstić information content (AvgIpc) is 3.44. The Labute approximate surface area is 230 Å². The summed E-state index contributed by atoms with van der Waals surface area (Å²) in [5.41, 5.74) is 18.2. The van der Waals surface area contributed by atoms with Crippen molar-refractivity contribution in [1.29, 1.82) is 0 Å². The highest BCUT2D eigenvalue weighted by molar-refractivity contribution is 5.96. The highest BCUT2D eigenvalue weighted by Gasteiger charge is 2.51. The minimum atomic E-state index is -0.348. The van der Waals surface area contributed by atoms with Crippen LogP contribution in [-0.4, -0.2) is 0 Å². The van der Waals surface area contributed by atoms with Crippen LogP contribution in [0.3, 0.4) is 0 Å². The molecule has 0 heteroatoms. The van der Waals surface area contributed by atoms with Crippen LogP contribution in [0.25, 0.3) is 44.5 Å². The summed E-state index contributed by atoms with van der Waals surface area (Å²) in [5.74, 6) is 0. The van der Waals surface area contributed by atoms with Crippen LogP contribution in [-0.2, 0) is 5.41 Å². The molecule has 1 spiro atoms. The van der Waals surface area contributed by atoms with Crippen molar-refractivity contribution >= 4 is 0 Å². The Hall–Kier alpha value is -4.68. The quantitative estimate of drug-likeness (QED) is 0.223. The molecule has 0 saturated heterocycles. The third kappa shape index (κ3) is 3.06. The van der Waals surface area contributed by atoms with Gasteiger partial charge in [0.1, 0.15) is 0 Å². The summed E-state index contributed by atoms with van der Waals surface area (Å²) < 4.78 is 0. The zero-order valence-electron chi connectivity index (χ0n) is 22.2. The third-order valence-electron chi connectivity index (χ3n) is 8.86. The Morgan fingerprint density at radius 2 is 0.692 bits per heavy atom. The van der Waals surface area contributed by atoms with Crippen molar-refractivity contribution in [1.82, 2.24) is 0 Å². The van der Waals surface area contributed by atoms with E-state index >= 15 is 0 Å². The van der Waals surface area contributed by atoms with Gasteiger partial charge in [-0.1, -0.05) is 132 Å². The summed E-state index contributed by atoms with van der Waals surface area (Å²) in [5, 5.41) is 0. The van der Waals surface area contributed by atoms with Gasteiger partial charge in [0.15, 0.2) is 0 Å². The predicted molar refractivity (Wildman–Crippen MR) is 163 cm³/mol.